The van der Waals surface area contributed by atoms with Crippen LogP contribution in [0.2, 0.25) is 0 Å². The van der Waals surface area contributed by atoms with Gasteiger partial charge < -0.3 is 10.6 Å². The fourth-order valence-electron chi connectivity index (χ4n) is 1.89. The van der Waals surface area contributed by atoms with Crippen LogP contribution in [0.1, 0.15) is 24.2 Å². The standard InChI is InChI=1S/C18H16FN3O3/c1-11(9-17(24)22-16-8-5-14(19)10-20-16)18(25)21-15-6-3-13(4-7-15)12(2)23/h3-10H,1-2H3,(H,21,25)(H,20,22,24)/b11-9-. The summed E-state index contributed by atoms with van der Waals surface area (Å²) in [5.41, 5.74) is 1.22. The maximum atomic E-state index is 12.8. The highest BCUT2D eigenvalue weighted by molar-refractivity contribution is 6.09. The minimum atomic E-state index is -0.557. The van der Waals surface area contributed by atoms with Gasteiger partial charge in [-0.2, -0.15) is 0 Å². The molecule has 6 nitrogen and oxygen atoms in total. The average molecular weight is 341 g/mol. The maximum Gasteiger partial charge on any atom is 0.251 e. The third-order valence-electron chi connectivity index (χ3n) is 3.23. The number of pyridine rings is 1. The van der Waals surface area contributed by atoms with Gasteiger partial charge >= 0.3 is 0 Å². The van der Waals surface area contributed by atoms with E-state index in [0.717, 1.165) is 18.3 Å². The fraction of sp³-hybridized carbons (Fsp3) is 0.111. The quantitative estimate of drug-likeness (QED) is 0.646. The minimum Gasteiger partial charge on any atom is -0.322 e. The molecule has 0 bridgehead atoms. The number of hydrogen-bond donors (Lipinski definition) is 2. The van der Waals surface area contributed by atoms with Gasteiger partial charge in [-0.25, -0.2) is 9.37 Å². The van der Waals surface area contributed by atoms with E-state index in [0.29, 0.717) is 11.3 Å². The first-order valence-electron chi connectivity index (χ1n) is 7.38. The molecule has 0 fully saturated rings. The summed E-state index contributed by atoms with van der Waals surface area (Å²) in [6.45, 7) is 2.94. The van der Waals surface area contributed by atoms with Crippen LogP contribution in [0.15, 0.2) is 54.2 Å². The Morgan fingerprint density at radius 3 is 2.24 bits per heavy atom. The third-order valence-corrected chi connectivity index (χ3v) is 3.23. The van der Waals surface area contributed by atoms with Crippen molar-refractivity contribution in [1.29, 1.82) is 0 Å². The number of nitrogens with one attached hydrogen (secondary N) is 2. The number of carbonyl (C=O) groups excluding carboxylic acids is 3. The molecule has 0 aliphatic rings. The number of carbonyl (C=O) groups is 3. The fourth-order valence-corrected chi connectivity index (χ4v) is 1.89. The van der Waals surface area contributed by atoms with Gasteiger partial charge in [-0.1, -0.05) is 0 Å². The van der Waals surface area contributed by atoms with Crippen molar-refractivity contribution in [3.8, 4) is 0 Å². The molecule has 25 heavy (non-hydrogen) atoms. The average Bonchev–Trinajstić information content (AvgIpc) is 2.57. The van der Waals surface area contributed by atoms with Crippen molar-refractivity contribution >= 4 is 29.1 Å². The molecule has 0 unspecified atom stereocenters. The predicted molar refractivity (Wildman–Crippen MR) is 91.7 cm³/mol. The normalized spacial score (nSPS) is 10.9. The van der Waals surface area contributed by atoms with Crippen LogP contribution in [0.5, 0.6) is 0 Å². The second kappa shape index (κ2) is 7.96. The Balaban J connectivity index is 1.97. The van der Waals surface area contributed by atoms with Gasteiger partial charge in [0.1, 0.15) is 11.6 Å². The molecule has 0 atom stereocenters. The van der Waals surface area contributed by atoms with Gasteiger partial charge in [-0.15, -0.1) is 0 Å². The second-order valence-corrected chi connectivity index (χ2v) is 5.27. The first kappa shape index (κ1) is 18.0. The molecule has 0 aliphatic heterocycles. The first-order valence-corrected chi connectivity index (χ1v) is 7.38. The Bertz CT molecular complexity index is 828. The lowest BCUT2D eigenvalue weighted by Crippen LogP contribution is -2.16. The van der Waals surface area contributed by atoms with Gasteiger partial charge in [0, 0.05) is 22.9 Å². The number of amides is 2. The highest BCUT2D eigenvalue weighted by Crippen LogP contribution is 2.11. The van der Waals surface area contributed by atoms with Crippen LogP contribution in [0.3, 0.4) is 0 Å². The summed E-state index contributed by atoms with van der Waals surface area (Å²) in [6, 6.07) is 8.88. The van der Waals surface area contributed by atoms with Gasteiger partial charge in [0.25, 0.3) is 5.91 Å². The van der Waals surface area contributed by atoms with Crippen LogP contribution in [0, 0.1) is 5.82 Å². The topological polar surface area (TPSA) is 88.2 Å². The zero-order chi connectivity index (χ0) is 18.4. The Morgan fingerprint density at radius 1 is 1.00 bits per heavy atom. The van der Waals surface area contributed by atoms with Crippen LogP contribution < -0.4 is 10.6 Å². The Hall–Kier alpha value is -3.35. The van der Waals surface area contributed by atoms with E-state index in [9.17, 15) is 18.8 Å². The number of anilines is 2. The summed E-state index contributed by atoms with van der Waals surface area (Å²) < 4.78 is 12.8. The van der Waals surface area contributed by atoms with Crippen LogP contribution in [0.4, 0.5) is 15.9 Å². The Morgan fingerprint density at radius 2 is 1.68 bits per heavy atom. The largest absolute Gasteiger partial charge is 0.322 e. The summed E-state index contributed by atoms with van der Waals surface area (Å²) in [7, 11) is 0. The number of halogens is 1. The summed E-state index contributed by atoms with van der Waals surface area (Å²) in [6.07, 6.45) is 2.09. The molecule has 1 heterocycles. The van der Waals surface area contributed by atoms with E-state index in [-0.39, 0.29) is 17.2 Å². The van der Waals surface area contributed by atoms with E-state index in [1.54, 1.807) is 24.3 Å². The van der Waals surface area contributed by atoms with Gasteiger partial charge in [0.15, 0.2) is 5.78 Å². The third kappa shape index (κ3) is 5.35. The zero-order valence-corrected chi connectivity index (χ0v) is 13.7. The molecule has 2 amide bonds. The van der Waals surface area contributed by atoms with Gasteiger partial charge in [-0.05, 0) is 50.2 Å². The zero-order valence-electron chi connectivity index (χ0n) is 13.7. The molecule has 0 saturated carbocycles. The number of ketones is 1. The molecule has 0 saturated heterocycles. The van der Waals surface area contributed by atoms with Crippen LogP contribution in [-0.2, 0) is 9.59 Å². The highest BCUT2D eigenvalue weighted by atomic mass is 19.1. The molecule has 2 rings (SSSR count). The van der Waals surface area contributed by atoms with E-state index in [1.807, 2.05) is 0 Å². The maximum absolute atomic E-state index is 12.8. The lowest BCUT2D eigenvalue weighted by molar-refractivity contribution is -0.114. The highest BCUT2D eigenvalue weighted by Gasteiger charge is 2.08. The number of Topliss-reactive ketones (excluding diaryl/α,β-unsaturated/α-hetero) is 1. The van der Waals surface area contributed by atoms with Crippen molar-refractivity contribution in [3.63, 3.8) is 0 Å². The molecular weight excluding hydrogens is 325 g/mol. The summed E-state index contributed by atoms with van der Waals surface area (Å²) in [5.74, 6) is -1.42. The van der Waals surface area contributed by atoms with Crippen molar-refractivity contribution in [2.75, 3.05) is 10.6 Å². The van der Waals surface area contributed by atoms with E-state index in [2.05, 4.69) is 15.6 Å². The molecule has 0 aliphatic carbocycles. The summed E-state index contributed by atoms with van der Waals surface area (Å²) in [5, 5.41) is 5.05. The van der Waals surface area contributed by atoms with Crippen LogP contribution in [0.25, 0.3) is 0 Å². The predicted octanol–water partition coefficient (Wildman–Crippen LogP) is 2.95. The van der Waals surface area contributed by atoms with E-state index < -0.39 is 17.6 Å². The molecule has 0 radical (unpaired) electrons. The monoisotopic (exact) mass is 341 g/mol. The number of hydrogen-bond acceptors (Lipinski definition) is 4. The SMILES string of the molecule is CC(=O)c1ccc(NC(=O)/C(C)=C\C(=O)Nc2ccc(F)cn2)cc1. The molecule has 0 spiro atoms. The van der Waals surface area contributed by atoms with Gasteiger partial charge in [0.05, 0.1) is 6.20 Å². The Labute approximate surface area is 143 Å². The first-order chi connectivity index (χ1) is 11.8. The van der Waals surface area contributed by atoms with Crippen LogP contribution in [-0.4, -0.2) is 22.6 Å². The van der Waals surface area contributed by atoms with Crippen molar-refractivity contribution < 1.29 is 18.8 Å². The van der Waals surface area contributed by atoms with E-state index >= 15 is 0 Å². The lowest BCUT2D eigenvalue weighted by Gasteiger charge is -2.06. The molecular formula is C18H16FN3O3. The second-order valence-electron chi connectivity index (χ2n) is 5.27. The van der Waals surface area contributed by atoms with Crippen molar-refractivity contribution in [2.24, 2.45) is 0 Å². The smallest absolute Gasteiger partial charge is 0.251 e. The molecule has 1 aromatic heterocycles. The summed E-state index contributed by atoms with van der Waals surface area (Å²) >= 11 is 0. The molecule has 1 aromatic carbocycles. The van der Waals surface area contributed by atoms with Gasteiger partial charge in [0.2, 0.25) is 5.91 Å². The van der Waals surface area contributed by atoms with E-state index in [4.69, 9.17) is 0 Å². The Kier molecular flexibility index (Phi) is 5.73. The summed E-state index contributed by atoms with van der Waals surface area (Å²) in [4.78, 5) is 38.8. The number of benzene rings is 1. The molecule has 128 valence electrons. The van der Waals surface area contributed by atoms with Gasteiger partial charge in [-0.3, -0.25) is 14.4 Å². The van der Waals surface area contributed by atoms with Crippen LogP contribution >= 0.6 is 0 Å². The number of aromatic nitrogens is 1. The van der Waals surface area contributed by atoms with Crippen molar-refractivity contribution in [1.82, 2.24) is 4.98 Å². The van der Waals surface area contributed by atoms with E-state index in [1.165, 1.54) is 19.9 Å². The van der Waals surface area contributed by atoms with Crippen molar-refractivity contribution in [2.45, 2.75) is 13.8 Å². The van der Waals surface area contributed by atoms with Crippen molar-refractivity contribution in [3.05, 3.63) is 65.6 Å². The number of rotatable bonds is 5. The minimum absolute atomic E-state index is 0.0694. The number of nitrogens with zero attached hydrogens (tertiary/aromatic N) is 1. The molecule has 2 N–H and O–H groups in total. The molecule has 7 heteroatoms. The molecule has 2 aromatic rings. The lowest BCUT2D eigenvalue weighted by atomic mass is 10.1.